The van der Waals surface area contributed by atoms with Crippen molar-refractivity contribution < 1.29 is 9.90 Å². The van der Waals surface area contributed by atoms with Crippen LogP contribution in [0.1, 0.15) is 23.7 Å². The van der Waals surface area contributed by atoms with E-state index < -0.39 is 0 Å². The highest BCUT2D eigenvalue weighted by atomic mass is 79.9. The van der Waals surface area contributed by atoms with E-state index in [1.165, 1.54) is 6.07 Å². The molecule has 0 bridgehead atoms. The average Bonchev–Trinajstić information content (AvgIpc) is 2.29. The summed E-state index contributed by atoms with van der Waals surface area (Å²) >= 11 is 9.06. The molecule has 0 aliphatic heterocycles. The third kappa shape index (κ3) is 3.89. The average molecular weight is 321 g/mol. The molecule has 94 valence electrons. The van der Waals surface area contributed by atoms with Crippen molar-refractivity contribution in [1.82, 2.24) is 4.90 Å². The summed E-state index contributed by atoms with van der Waals surface area (Å²) in [5.41, 5.74) is 0.297. The van der Waals surface area contributed by atoms with Gasteiger partial charge in [-0.25, -0.2) is 0 Å². The van der Waals surface area contributed by atoms with Crippen molar-refractivity contribution >= 4 is 33.4 Å². The van der Waals surface area contributed by atoms with Crippen molar-refractivity contribution in [2.24, 2.45) is 0 Å². The molecule has 0 atom stereocenters. The first-order chi connectivity index (χ1) is 8.10. The number of benzene rings is 1. The Balaban J connectivity index is 2.86. The fourth-order valence-corrected chi connectivity index (χ4v) is 1.93. The molecule has 0 radical (unpaired) electrons. The predicted molar refractivity (Wildman–Crippen MR) is 73.1 cm³/mol. The Morgan fingerprint density at radius 3 is 2.76 bits per heavy atom. The van der Waals surface area contributed by atoms with Gasteiger partial charge in [-0.05, 0) is 31.5 Å². The molecule has 1 aromatic rings. The van der Waals surface area contributed by atoms with Gasteiger partial charge < -0.3 is 10.0 Å². The van der Waals surface area contributed by atoms with Gasteiger partial charge in [-0.3, -0.25) is 4.79 Å². The molecular formula is C12H15BrClNO2. The molecule has 0 aliphatic carbocycles. The van der Waals surface area contributed by atoms with Gasteiger partial charge in [-0.15, -0.1) is 0 Å². The number of nitrogens with zero attached hydrogens (tertiary/aromatic N) is 1. The Bertz CT molecular complexity index is 398. The molecule has 17 heavy (non-hydrogen) atoms. The van der Waals surface area contributed by atoms with Crippen molar-refractivity contribution in [2.45, 2.75) is 13.3 Å². The quantitative estimate of drug-likeness (QED) is 0.846. The smallest absolute Gasteiger partial charge is 0.257 e. The maximum atomic E-state index is 12.1. The molecule has 1 N–H and O–H groups in total. The van der Waals surface area contributed by atoms with Crippen LogP contribution in [-0.2, 0) is 0 Å². The standard InChI is InChI=1S/C12H15BrClNO2/c1-2-15(7-3-6-13)12(17)10-5-4-9(14)8-11(10)16/h4-5,8,16H,2-3,6-7H2,1H3. The molecule has 0 fully saturated rings. The second-order valence-corrected chi connectivity index (χ2v) is 4.82. The van der Waals surface area contributed by atoms with Gasteiger partial charge in [0.05, 0.1) is 5.56 Å². The van der Waals surface area contributed by atoms with E-state index in [1.807, 2.05) is 6.92 Å². The lowest BCUT2D eigenvalue weighted by molar-refractivity contribution is 0.0762. The van der Waals surface area contributed by atoms with Gasteiger partial charge in [-0.2, -0.15) is 0 Å². The highest BCUT2D eigenvalue weighted by molar-refractivity contribution is 9.09. The van der Waals surface area contributed by atoms with E-state index in [2.05, 4.69) is 15.9 Å². The van der Waals surface area contributed by atoms with Crippen molar-refractivity contribution in [3.8, 4) is 5.75 Å². The molecular weight excluding hydrogens is 305 g/mol. The third-order valence-electron chi connectivity index (χ3n) is 2.42. The molecule has 0 aromatic heterocycles. The van der Waals surface area contributed by atoms with E-state index >= 15 is 0 Å². The van der Waals surface area contributed by atoms with E-state index in [0.717, 1.165) is 11.8 Å². The summed E-state index contributed by atoms with van der Waals surface area (Å²) in [5.74, 6) is -0.234. The highest BCUT2D eigenvalue weighted by Gasteiger charge is 2.17. The Labute approximate surface area is 115 Å². The molecule has 5 heteroatoms. The van der Waals surface area contributed by atoms with Crippen molar-refractivity contribution in [3.63, 3.8) is 0 Å². The van der Waals surface area contributed by atoms with Crippen LogP contribution in [0.4, 0.5) is 0 Å². The topological polar surface area (TPSA) is 40.5 Å². The Morgan fingerprint density at radius 2 is 2.24 bits per heavy atom. The lowest BCUT2D eigenvalue weighted by Gasteiger charge is -2.20. The van der Waals surface area contributed by atoms with Gasteiger partial charge in [0.1, 0.15) is 5.75 Å². The maximum absolute atomic E-state index is 12.1. The highest BCUT2D eigenvalue weighted by Crippen LogP contribution is 2.23. The summed E-state index contributed by atoms with van der Waals surface area (Å²) in [6, 6.07) is 4.54. The number of phenols is 1. The molecule has 1 rings (SSSR count). The number of carbonyl (C=O) groups excluding carboxylic acids is 1. The maximum Gasteiger partial charge on any atom is 0.257 e. The lowest BCUT2D eigenvalue weighted by atomic mass is 10.1. The minimum absolute atomic E-state index is 0.0696. The first-order valence-corrected chi connectivity index (χ1v) is 6.93. The second-order valence-electron chi connectivity index (χ2n) is 3.59. The summed E-state index contributed by atoms with van der Waals surface area (Å²) in [6.45, 7) is 3.20. The van der Waals surface area contributed by atoms with Gasteiger partial charge in [0, 0.05) is 23.4 Å². The predicted octanol–water partition coefficient (Wildman–Crippen LogP) is 3.29. The summed E-state index contributed by atoms with van der Waals surface area (Å²) in [6.07, 6.45) is 0.883. The molecule has 0 saturated heterocycles. The molecule has 1 amide bonds. The number of halogens is 2. The zero-order valence-electron chi connectivity index (χ0n) is 9.62. The molecule has 0 heterocycles. The van der Waals surface area contributed by atoms with Gasteiger partial charge in [0.25, 0.3) is 5.91 Å². The summed E-state index contributed by atoms with van der Waals surface area (Å²) in [7, 11) is 0. The van der Waals surface area contributed by atoms with Gasteiger partial charge in [0.2, 0.25) is 0 Å². The van der Waals surface area contributed by atoms with Crippen LogP contribution in [0.2, 0.25) is 5.02 Å². The Morgan fingerprint density at radius 1 is 1.53 bits per heavy atom. The fourth-order valence-electron chi connectivity index (χ4n) is 1.51. The molecule has 3 nitrogen and oxygen atoms in total. The lowest BCUT2D eigenvalue weighted by Crippen LogP contribution is -2.32. The number of rotatable bonds is 5. The van der Waals surface area contributed by atoms with E-state index in [0.29, 0.717) is 23.7 Å². The largest absolute Gasteiger partial charge is 0.507 e. The molecule has 0 aliphatic rings. The van der Waals surface area contributed by atoms with Crippen molar-refractivity contribution in [3.05, 3.63) is 28.8 Å². The van der Waals surface area contributed by atoms with Crippen LogP contribution in [0.15, 0.2) is 18.2 Å². The molecule has 0 unspecified atom stereocenters. The van der Waals surface area contributed by atoms with Crippen LogP contribution in [-0.4, -0.2) is 34.3 Å². The van der Waals surface area contributed by atoms with E-state index in [-0.39, 0.29) is 11.7 Å². The van der Waals surface area contributed by atoms with Crippen LogP contribution in [0.3, 0.4) is 0 Å². The SMILES string of the molecule is CCN(CCCBr)C(=O)c1ccc(Cl)cc1O. The van der Waals surface area contributed by atoms with Crippen LogP contribution < -0.4 is 0 Å². The van der Waals surface area contributed by atoms with Crippen molar-refractivity contribution in [1.29, 1.82) is 0 Å². The van der Waals surface area contributed by atoms with Crippen molar-refractivity contribution in [2.75, 3.05) is 18.4 Å². The number of phenolic OH excluding ortho intramolecular Hbond substituents is 1. The van der Waals surface area contributed by atoms with Crippen LogP contribution in [0.25, 0.3) is 0 Å². The van der Waals surface area contributed by atoms with E-state index in [1.54, 1.807) is 17.0 Å². The Kier molecular flexibility index (Phi) is 5.78. The Hall–Kier alpha value is -0.740. The van der Waals surface area contributed by atoms with E-state index in [9.17, 15) is 9.90 Å². The van der Waals surface area contributed by atoms with Gasteiger partial charge in [-0.1, -0.05) is 27.5 Å². The minimum Gasteiger partial charge on any atom is -0.507 e. The van der Waals surface area contributed by atoms with Gasteiger partial charge in [0.15, 0.2) is 0 Å². The second kappa shape index (κ2) is 6.87. The zero-order valence-corrected chi connectivity index (χ0v) is 12.0. The number of aromatic hydroxyl groups is 1. The zero-order chi connectivity index (χ0) is 12.8. The minimum atomic E-state index is -0.164. The number of alkyl halides is 1. The molecule has 0 saturated carbocycles. The number of amides is 1. The van der Waals surface area contributed by atoms with Crippen LogP contribution >= 0.6 is 27.5 Å². The molecule has 1 aromatic carbocycles. The number of hydrogen-bond acceptors (Lipinski definition) is 2. The molecule has 0 spiro atoms. The summed E-state index contributed by atoms with van der Waals surface area (Å²) in [4.78, 5) is 13.8. The third-order valence-corrected chi connectivity index (χ3v) is 3.22. The first-order valence-electron chi connectivity index (χ1n) is 5.44. The number of hydrogen-bond donors (Lipinski definition) is 1. The fraction of sp³-hybridized carbons (Fsp3) is 0.417. The van der Waals surface area contributed by atoms with Crippen LogP contribution in [0, 0.1) is 0 Å². The van der Waals surface area contributed by atoms with Gasteiger partial charge >= 0.3 is 0 Å². The monoisotopic (exact) mass is 319 g/mol. The summed E-state index contributed by atoms with van der Waals surface area (Å²) < 4.78 is 0. The summed E-state index contributed by atoms with van der Waals surface area (Å²) in [5, 5.41) is 11.0. The van der Waals surface area contributed by atoms with E-state index in [4.69, 9.17) is 11.6 Å². The van der Waals surface area contributed by atoms with Crippen LogP contribution in [0.5, 0.6) is 5.75 Å². The normalized spacial score (nSPS) is 10.3. The first kappa shape index (κ1) is 14.3. The number of carbonyl (C=O) groups is 1.